The molecule has 88 valence electrons. The van der Waals surface area contributed by atoms with Gasteiger partial charge < -0.3 is 5.73 Å². The van der Waals surface area contributed by atoms with Gasteiger partial charge in [-0.15, -0.1) is 0 Å². The number of rotatable bonds is 4. The molecule has 0 amide bonds. The Morgan fingerprint density at radius 3 is 2.29 bits per heavy atom. The van der Waals surface area contributed by atoms with Crippen LogP contribution in [0.5, 0.6) is 0 Å². The van der Waals surface area contributed by atoms with Crippen molar-refractivity contribution in [2.24, 2.45) is 5.73 Å². The molecular formula is C15H18N2. The van der Waals surface area contributed by atoms with Crippen molar-refractivity contribution in [2.75, 3.05) is 6.54 Å². The summed E-state index contributed by atoms with van der Waals surface area (Å²) in [5.41, 5.74) is 9.76. The average molecular weight is 226 g/mol. The number of aryl methyl sites for hydroxylation is 1. The molecule has 2 N–H and O–H groups in total. The molecule has 0 fully saturated rings. The molecule has 1 aromatic carbocycles. The van der Waals surface area contributed by atoms with E-state index in [0.29, 0.717) is 12.5 Å². The summed E-state index contributed by atoms with van der Waals surface area (Å²) in [7, 11) is 0. The van der Waals surface area contributed by atoms with E-state index in [0.717, 1.165) is 6.42 Å². The molecule has 0 aliphatic carbocycles. The van der Waals surface area contributed by atoms with Gasteiger partial charge in [-0.25, -0.2) is 0 Å². The van der Waals surface area contributed by atoms with Crippen molar-refractivity contribution in [3.8, 4) is 0 Å². The Balaban J connectivity index is 2.14. The Hall–Kier alpha value is -1.67. The Labute approximate surface area is 103 Å². The van der Waals surface area contributed by atoms with Gasteiger partial charge in [0.25, 0.3) is 0 Å². The first-order chi connectivity index (χ1) is 8.29. The number of aromatic nitrogens is 1. The van der Waals surface area contributed by atoms with Crippen LogP contribution in [0, 0.1) is 6.92 Å². The Morgan fingerprint density at radius 1 is 1.06 bits per heavy atom. The maximum atomic E-state index is 5.88. The Bertz CT molecular complexity index is 448. The minimum atomic E-state index is 0.387. The van der Waals surface area contributed by atoms with Crippen molar-refractivity contribution in [3.63, 3.8) is 0 Å². The van der Waals surface area contributed by atoms with E-state index in [4.69, 9.17) is 5.73 Å². The van der Waals surface area contributed by atoms with E-state index >= 15 is 0 Å². The molecule has 0 bridgehead atoms. The van der Waals surface area contributed by atoms with Gasteiger partial charge in [-0.05, 0) is 43.1 Å². The SMILES string of the molecule is Cc1ccc(C(CN)Cc2ccncc2)cc1. The number of benzene rings is 1. The van der Waals surface area contributed by atoms with E-state index in [1.807, 2.05) is 12.4 Å². The molecule has 17 heavy (non-hydrogen) atoms. The largest absolute Gasteiger partial charge is 0.330 e. The number of nitrogens with zero attached hydrogens (tertiary/aromatic N) is 1. The lowest BCUT2D eigenvalue weighted by atomic mass is 9.92. The van der Waals surface area contributed by atoms with Crippen LogP contribution in [-0.4, -0.2) is 11.5 Å². The number of hydrogen-bond acceptors (Lipinski definition) is 2. The summed E-state index contributed by atoms with van der Waals surface area (Å²) in [6, 6.07) is 12.7. The van der Waals surface area contributed by atoms with E-state index in [-0.39, 0.29) is 0 Å². The maximum Gasteiger partial charge on any atom is 0.0270 e. The van der Waals surface area contributed by atoms with E-state index in [1.54, 1.807) is 0 Å². The zero-order valence-corrected chi connectivity index (χ0v) is 10.1. The molecule has 1 heterocycles. The zero-order valence-electron chi connectivity index (χ0n) is 10.1. The highest BCUT2D eigenvalue weighted by atomic mass is 14.6. The quantitative estimate of drug-likeness (QED) is 0.870. The van der Waals surface area contributed by atoms with Crippen molar-refractivity contribution in [2.45, 2.75) is 19.3 Å². The van der Waals surface area contributed by atoms with Crippen molar-refractivity contribution >= 4 is 0 Å². The van der Waals surface area contributed by atoms with Crippen LogP contribution in [0.25, 0.3) is 0 Å². The smallest absolute Gasteiger partial charge is 0.0270 e. The Morgan fingerprint density at radius 2 is 1.71 bits per heavy atom. The lowest BCUT2D eigenvalue weighted by molar-refractivity contribution is 0.693. The van der Waals surface area contributed by atoms with Gasteiger partial charge in [0.2, 0.25) is 0 Å². The molecule has 0 saturated heterocycles. The lowest BCUT2D eigenvalue weighted by Crippen LogP contribution is -2.15. The third kappa shape index (κ3) is 3.14. The molecule has 2 heteroatoms. The molecule has 0 saturated carbocycles. The molecular weight excluding hydrogens is 208 g/mol. The van der Waals surface area contributed by atoms with E-state index < -0.39 is 0 Å². The van der Waals surface area contributed by atoms with E-state index in [2.05, 4.69) is 48.3 Å². The second-order valence-corrected chi connectivity index (χ2v) is 4.40. The van der Waals surface area contributed by atoms with Gasteiger partial charge in [0, 0.05) is 18.3 Å². The fourth-order valence-electron chi connectivity index (χ4n) is 1.98. The predicted molar refractivity (Wildman–Crippen MR) is 70.9 cm³/mol. The van der Waals surface area contributed by atoms with Crippen LogP contribution in [0.1, 0.15) is 22.6 Å². The third-order valence-electron chi connectivity index (χ3n) is 3.06. The van der Waals surface area contributed by atoms with Crippen LogP contribution >= 0.6 is 0 Å². The van der Waals surface area contributed by atoms with Gasteiger partial charge >= 0.3 is 0 Å². The minimum Gasteiger partial charge on any atom is -0.330 e. The van der Waals surface area contributed by atoms with Gasteiger partial charge in [0.05, 0.1) is 0 Å². The van der Waals surface area contributed by atoms with E-state index in [1.165, 1.54) is 16.7 Å². The van der Waals surface area contributed by atoms with Gasteiger partial charge in [-0.1, -0.05) is 29.8 Å². The number of nitrogens with two attached hydrogens (primary N) is 1. The summed E-state index contributed by atoms with van der Waals surface area (Å²) in [6.45, 7) is 2.77. The monoisotopic (exact) mass is 226 g/mol. The highest BCUT2D eigenvalue weighted by molar-refractivity contribution is 5.27. The first-order valence-electron chi connectivity index (χ1n) is 5.95. The van der Waals surface area contributed by atoms with E-state index in [9.17, 15) is 0 Å². The first-order valence-corrected chi connectivity index (χ1v) is 5.95. The van der Waals surface area contributed by atoms with Crippen LogP contribution in [0.4, 0.5) is 0 Å². The highest BCUT2D eigenvalue weighted by Crippen LogP contribution is 2.20. The van der Waals surface area contributed by atoms with Crippen LogP contribution in [0.2, 0.25) is 0 Å². The summed E-state index contributed by atoms with van der Waals surface area (Å²) in [6.07, 6.45) is 4.64. The second-order valence-electron chi connectivity index (χ2n) is 4.40. The highest BCUT2D eigenvalue weighted by Gasteiger charge is 2.10. The summed E-state index contributed by atoms with van der Waals surface area (Å²) in [5.74, 6) is 0.387. The fraction of sp³-hybridized carbons (Fsp3) is 0.267. The molecule has 0 aliphatic rings. The van der Waals surface area contributed by atoms with Crippen LogP contribution in [-0.2, 0) is 6.42 Å². The number of hydrogen-bond donors (Lipinski definition) is 1. The topological polar surface area (TPSA) is 38.9 Å². The maximum absolute atomic E-state index is 5.88. The normalized spacial score (nSPS) is 12.4. The van der Waals surface area contributed by atoms with Gasteiger partial charge in [-0.3, -0.25) is 4.98 Å². The van der Waals surface area contributed by atoms with Gasteiger partial charge in [-0.2, -0.15) is 0 Å². The Kier molecular flexibility index (Phi) is 3.89. The summed E-state index contributed by atoms with van der Waals surface area (Å²) < 4.78 is 0. The lowest BCUT2D eigenvalue weighted by Gasteiger charge is -2.15. The van der Waals surface area contributed by atoms with Crippen molar-refractivity contribution in [1.82, 2.24) is 4.98 Å². The molecule has 1 unspecified atom stereocenters. The minimum absolute atomic E-state index is 0.387. The molecule has 2 rings (SSSR count). The first kappa shape index (κ1) is 11.8. The summed E-state index contributed by atoms with van der Waals surface area (Å²) >= 11 is 0. The predicted octanol–water partition coefficient (Wildman–Crippen LogP) is 2.68. The molecule has 1 atom stereocenters. The third-order valence-corrected chi connectivity index (χ3v) is 3.06. The average Bonchev–Trinajstić information content (AvgIpc) is 2.38. The molecule has 2 aromatic rings. The number of pyridine rings is 1. The van der Waals surface area contributed by atoms with Crippen LogP contribution < -0.4 is 5.73 Å². The van der Waals surface area contributed by atoms with Crippen molar-refractivity contribution in [3.05, 3.63) is 65.5 Å². The fourth-order valence-corrected chi connectivity index (χ4v) is 1.98. The summed E-state index contributed by atoms with van der Waals surface area (Å²) in [5, 5.41) is 0. The van der Waals surface area contributed by atoms with Gasteiger partial charge in [0.15, 0.2) is 0 Å². The molecule has 0 spiro atoms. The second kappa shape index (κ2) is 5.60. The summed E-state index contributed by atoms with van der Waals surface area (Å²) in [4.78, 5) is 4.03. The standard InChI is InChI=1S/C15H18N2/c1-12-2-4-14(5-3-12)15(11-16)10-13-6-8-17-9-7-13/h2-9,15H,10-11,16H2,1H3. The van der Waals surface area contributed by atoms with Crippen molar-refractivity contribution in [1.29, 1.82) is 0 Å². The molecule has 0 aliphatic heterocycles. The zero-order chi connectivity index (χ0) is 12.1. The molecule has 1 aromatic heterocycles. The van der Waals surface area contributed by atoms with Crippen molar-refractivity contribution < 1.29 is 0 Å². The molecule has 2 nitrogen and oxygen atoms in total. The van der Waals surface area contributed by atoms with Crippen LogP contribution in [0.3, 0.4) is 0 Å². The van der Waals surface area contributed by atoms with Gasteiger partial charge in [0.1, 0.15) is 0 Å². The van der Waals surface area contributed by atoms with Crippen LogP contribution in [0.15, 0.2) is 48.8 Å². The molecule has 0 radical (unpaired) electrons.